The SMILES string of the molecule is CCn1c(-c2cccnc2C(C)C)c2c3cc(ccc31)-c1cc(O)cc(c1)C[C@H](NC(=O)[C@H](C(C)C)N1CC[C@]3(CCNC3)C1=O)C(=O)N1CCC[C@H](N1)C(=O)OCC(C)(C)C2. The largest absolute Gasteiger partial charge is 0.508 e. The number of phenolic OH excluding ortho intramolecular Hbond substituents is 1. The molecule has 0 aliphatic carbocycles. The van der Waals surface area contributed by atoms with Crippen molar-refractivity contribution in [1.82, 2.24) is 35.5 Å². The number of hydrogen-bond donors (Lipinski definition) is 4. The van der Waals surface area contributed by atoms with Gasteiger partial charge in [0.2, 0.25) is 11.8 Å². The van der Waals surface area contributed by atoms with Crippen LogP contribution in [0.1, 0.15) is 96.9 Å². The number of carbonyl (C=O) groups excluding carboxylic acids is 4. The van der Waals surface area contributed by atoms with Crippen molar-refractivity contribution < 1.29 is 29.0 Å². The summed E-state index contributed by atoms with van der Waals surface area (Å²) in [7, 11) is 0. The molecule has 330 valence electrons. The highest BCUT2D eigenvalue weighted by atomic mass is 16.5. The summed E-state index contributed by atoms with van der Waals surface area (Å²) >= 11 is 0. The number of aromatic hydroxyl groups is 1. The Balaban J connectivity index is 1.23. The van der Waals surface area contributed by atoms with Gasteiger partial charge in [-0.2, -0.15) is 0 Å². The summed E-state index contributed by atoms with van der Waals surface area (Å²) in [6, 6.07) is 13.2. The van der Waals surface area contributed by atoms with Crippen LogP contribution in [0.5, 0.6) is 5.75 Å². The van der Waals surface area contributed by atoms with Crippen molar-refractivity contribution in [2.24, 2.45) is 16.7 Å². The fraction of sp³-hybridized carbons (Fsp3) is 0.531. The molecule has 62 heavy (non-hydrogen) atoms. The maximum absolute atomic E-state index is 14.7. The minimum absolute atomic E-state index is 0.0189. The third-order valence-electron chi connectivity index (χ3n) is 13.5. The first-order valence-corrected chi connectivity index (χ1v) is 22.6. The number of hydrogen-bond acceptors (Lipinski definition) is 9. The molecule has 6 bridgehead atoms. The third kappa shape index (κ3) is 8.21. The van der Waals surface area contributed by atoms with Gasteiger partial charge in [0.1, 0.15) is 23.9 Å². The van der Waals surface area contributed by atoms with Crippen LogP contribution < -0.4 is 16.1 Å². The number of amides is 3. The number of cyclic esters (lactones) is 1. The van der Waals surface area contributed by atoms with Crippen molar-refractivity contribution in [2.45, 2.75) is 118 Å². The van der Waals surface area contributed by atoms with Crippen molar-refractivity contribution in [3.8, 4) is 28.1 Å². The molecular weight excluding hydrogens is 783 g/mol. The molecule has 4 aliphatic rings. The number of phenols is 1. The van der Waals surface area contributed by atoms with E-state index in [-0.39, 0.29) is 36.5 Å². The lowest BCUT2D eigenvalue weighted by atomic mass is 9.83. The number of rotatable bonds is 7. The highest BCUT2D eigenvalue weighted by Crippen LogP contribution is 2.43. The molecule has 3 amide bonds. The van der Waals surface area contributed by atoms with E-state index in [1.165, 1.54) is 5.01 Å². The van der Waals surface area contributed by atoms with Gasteiger partial charge in [0, 0.05) is 60.7 Å². The summed E-state index contributed by atoms with van der Waals surface area (Å²) in [5, 5.41) is 20.2. The zero-order valence-corrected chi connectivity index (χ0v) is 37.3. The molecule has 0 saturated carbocycles. The zero-order chi connectivity index (χ0) is 44.1. The Hall–Kier alpha value is -5.27. The summed E-state index contributed by atoms with van der Waals surface area (Å²) < 4.78 is 8.47. The molecule has 4 aromatic rings. The summed E-state index contributed by atoms with van der Waals surface area (Å²) in [6.45, 7) is 17.6. The van der Waals surface area contributed by atoms with E-state index in [1.807, 2.05) is 32.2 Å². The molecule has 2 aromatic carbocycles. The van der Waals surface area contributed by atoms with E-state index in [2.05, 4.69) is 79.5 Å². The Morgan fingerprint density at radius 2 is 1.84 bits per heavy atom. The lowest BCUT2D eigenvalue weighted by Crippen LogP contribution is -2.62. The van der Waals surface area contributed by atoms with E-state index in [9.17, 15) is 24.3 Å². The third-order valence-corrected chi connectivity index (χ3v) is 13.5. The molecule has 6 heterocycles. The maximum Gasteiger partial charge on any atom is 0.324 e. The smallest absolute Gasteiger partial charge is 0.324 e. The number of esters is 1. The van der Waals surface area contributed by atoms with Gasteiger partial charge in [0.25, 0.3) is 5.91 Å². The van der Waals surface area contributed by atoms with Gasteiger partial charge in [0.05, 0.1) is 23.4 Å². The van der Waals surface area contributed by atoms with Crippen LogP contribution in [0.15, 0.2) is 54.7 Å². The number of aryl methyl sites for hydroxylation is 1. The number of pyridine rings is 1. The molecule has 8 rings (SSSR count). The first kappa shape index (κ1) is 43.4. The molecule has 13 heteroatoms. The van der Waals surface area contributed by atoms with Crippen molar-refractivity contribution in [2.75, 3.05) is 32.8 Å². The highest BCUT2D eigenvalue weighted by molar-refractivity contribution is 5.96. The van der Waals surface area contributed by atoms with Crippen LogP contribution in [0.25, 0.3) is 33.3 Å². The minimum atomic E-state index is -1.08. The number of ether oxygens (including phenoxy) is 1. The van der Waals surface area contributed by atoms with Crippen LogP contribution in [0, 0.1) is 16.7 Å². The number of nitrogens with one attached hydrogen (secondary N) is 3. The number of aromatic nitrogens is 2. The second-order valence-corrected chi connectivity index (χ2v) is 19.5. The van der Waals surface area contributed by atoms with Gasteiger partial charge in [-0.05, 0) is 116 Å². The molecule has 0 unspecified atom stereocenters. The van der Waals surface area contributed by atoms with E-state index in [4.69, 9.17) is 9.72 Å². The molecule has 3 fully saturated rings. The van der Waals surface area contributed by atoms with Crippen LogP contribution in [0.4, 0.5) is 0 Å². The number of hydrazine groups is 1. The second-order valence-electron chi connectivity index (χ2n) is 19.5. The number of likely N-dealkylation sites (tertiary alicyclic amines) is 1. The van der Waals surface area contributed by atoms with Crippen LogP contribution in [0.2, 0.25) is 0 Å². The van der Waals surface area contributed by atoms with Gasteiger partial charge in [-0.25, -0.2) is 5.43 Å². The molecule has 4 N–H and O–H groups in total. The molecule has 1 spiro atoms. The van der Waals surface area contributed by atoms with Gasteiger partial charge in [-0.1, -0.05) is 53.7 Å². The van der Waals surface area contributed by atoms with Gasteiger partial charge in [-0.15, -0.1) is 0 Å². The zero-order valence-electron chi connectivity index (χ0n) is 37.3. The Labute approximate surface area is 364 Å². The van der Waals surface area contributed by atoms with Crippen LogP contribution in [0.3, 0.4) is 0 Å². The fourth-order valence-corrected chi connectivity index (χ4v) is 10.4. The van der Waals surface area contributed by atoms with Crippen LogP contribution >= 0.6 is 0 Å². The number of benzene rings is 2. The first-order valence-electron chi connectivity index (χ1n) is 22.6. The van der Waals surface area contributed by atoms with Crippen molar-refractivity contribution in [3.05, 3.63) is 71.5 Å². The van der Waals surface area contributed by atoms with Gasteiger partial charge in [-0.3, -0.25) is 29.2 Å². The standard InChI is InChI=1S/C49H63N7O6/c1-8-54-40-14-13-32-25-36(40)37(43(54)35-11-9-17-51-41(35)29(2)3)26-48(6,7)28-62-46(60)38-12-10-19-56(53-38)45(59)39(23-31-21-33(32)24-34(57)22-31)52-44(58)42(30(4)5)55-20-16-49(47(55)61)15-18-50-27-49/h9,11,13-14,17,21-22,24-25,29-30,38-39,42,50,53,57H,8,10,12,15-16,18-20,23,26-28H2,1-7H3,(H,52,58)/t38-,39-,42-,49-/m0/s1. The quantitative estimate of drug-likeness (QED) is 0.161. The van der Waals surface area contributed by atoms with Gasteiger partial charge >= 0.3 is 5.97 Å². The monoisotopic (exact) mass is 845 g/mol. The lowest BCUT2D eigenvalue weighted by Gasteiger charge is -2.37. The number of fused-ring (bicyclic) bond motifs is 6. The average Bonchev–Trinajstić information content (AvgIpc) is 3.94. The van der Waals surface area contributed by atoms with E-state index < -0.39 is 46.7 Å². The van der Waals surface area contributed by atoms with E-state index in [1.54, 1.807) is 17.0 Å². The lowest BCUT2D eigenvalue weighted by molar-refractivity contribution is -0.155. The molecule has 3 saturated heterocycles. The Morgan fingerprint density at radius 1 is 1.03 bits per heavy atom. The Kier molecular flexibility index (Phi) is 12.0. The van der Waals surface area contributed by atoms with Gasteiger partial charge < -0.3 is 29.9 Å². The van der Waals surface area contributed by atoms with Crippen molar-refractivity contribution in [1.29, 1.82) is 0 Å². The predicted molar refractivity (Wildman–Crippen MR) is 239 cm³/mol. The van der Waals surface area contributed by atoms with Crippen molar-refractivity contribution >= 4 is 34.6 Å². The van der Waals surface area contributed by atoms with E-state index >= 15 is 0 Å². The molecule has 4 aliphatic heterocycles. The van der Waals surface area contributed by atoms with Gasteiger partial charge in [0.15, 0.2) is 0 Å². The Morgan fingerprint density at radius 3 is 2.56 bits per heavy atom. The molecule has 0 radical (unpaired) electrons. The minimum Gasteiger partial charge on any atom is -0.508 e. The summed E-state index contributed by atoms with van der Waals surface area (Å²) in [5.41, 5.74) is 9.82. The molecule has 13 nitrogen and oxygen atoms in total. The van der Waals surface area contributed by atoms with Crippen LogP contribution in [-0.4, -0.2) is 99.2 Å². The van der Waals surface area contributed by atoms with E-state index in [0.29, 0.717) is 50.9 Å². The Bertz CT molecular complexity index is 2380. The van der Waals surface area contributed by atoms with E-state index in [0.717, 1.165) is 64.1 Å². The van der Waals surface area contributed by atoms with Crippen LogP contribution in [-0.2, 0) is 43.3 Å². The predicted octanol–water partition coefficient (Wildman–Crippen LogP) is 6.10. The fourth-order valence-electron chi connectivity index (χ4n) is 10.4. The molecule has 4 atom stereocenters. The topological polar surface area (TPSA) is 158 Å². The van der Waals surface area contributed by atoms with Crippen molar-refractivity contribution in [3.63, 3.8) is 0 Å². The summed E-state index contributed by atoms with van der Waals surface area (Å²) in [5.74, 6) is -1.29. The normalized spacial score (nSPS) is 23.7. The summed E-state index contributed by atoms with van der Waals surface area (Å²) in [4.78, 5) is 63.6. The second kappa shape index (κ2) is 17.1. The molecular formula is C49H63N7O6. The number of nitrogens with zero attached hydrogens (tertiary/aromatic N) is 4. The number of carbonyl (C=O) groups is 4. The highest BCUT2D eigenvalue weighted by Gasteiger charge is 2.52. The summed E-state index contributed by atoms with van der Waals surface area (Å²) in [6.07, 6.45) is 4.95. The molecule has 2 aromatic heterocycles. The first-order chi connectivity index (χ1) is 29.6. The average molecular weight is 846 g/mol. The maximum atomic E-state index is 14.7.